The molecule has 7 heteroatoms. The van der Waals surface area contributed by atoms with Crippen molar-refractivity contribution in [3.63, 3.8) is 0 Å². The Labute approximate surface area is 137 Å². The van der Waals surface area contributed by atoms with Gasteiger partial charge in [-0.2, -0.15) is 0 Å². The van der Waals surface area contributed by atoms with Gasteiger partial charge in [0.2, 0.25) is 0 Å². The molecular weight excluding hydrogens is 323 g/mol. The summed E-state index contributed by atoms with van der Waals surface area (Å²) < 4.78 is 19.1. The highest BCUT2D eigenvalue weighted by atomic mass is 35.5. The van der Waals surface area contributed by atoms with Crippen LogP contribution >= 0.6 is 11.6 Å². The smallest absolute Gasteiger partial charge is 0.295 e. The van der Waals surface area contributed by atoms with Crippen molar-refractivity contribution < 1.29 is 14.1 Å². The first-order valence-corrected chi connectivity index (χ1v) is 7.49. The van der Waals surface area contributed by atoms with Crippen molar-refractivity contribution in [2.75, 3.05) is 24.6 Å². The Morgan fingerprint density at radius 1 is 1.30 bits per heavy atom. The molecular formula is C16H14ClFN2O3. The minimum atomic E-state index is -0.628. The minimum Gasteiger partial charge on any atom is -0.370 e. The molecule has 0 radical (unpaired) electrons. The van der Waals surface area contributed by atoms with Gasteiger partial charge in [0.25, 0.3) is 5.69 Å². The summed E-state index contributed by atoms with van der Waals surface area (Å²) in [5, 5.41) is 11.8. The lowest BCUT2D eigenvalue weighted by molar-refractivity contribution is -0.384. The van der Waals surface area contributed by atoms with Crippen LogP contribution in [-0.2, 0) is 4.74 Å². The Balaban J connectivity index is 1.90. The first-order valence-electron chi connectivity index (χ1n) is 7.11. The maximum absolute atomic E-state index is 13.3. The van der Waals surface area contributed by atoms with E-state index in [-0.39, 0.29) is 11.8 Å². The molecule has 0 N–H and O–H groups in total. The van der Waals surface area contributed by atoms with Crippen LogP contribution in [0.4, 0.5) is 15.8 Å². The van der Waals surface area contributed by atoms with Crippen LogP contribution in [0.5, 0.6) is 0 Å². The molecule has 1 aliphatic heterocycles. The lowest BCUT2D eigenvalue weighted by atomic mass is 10.1. The first kappa shape index (κ1) is 15.7. The zero-order valence-corrected chi connectivity index (χ0v) is 12.9. The van der Waals surface area contributed by atoms with Gasteiger partial charge in [0, 0.05) is 23.7 Å². The van der Waals surface area contributed by atoms with Crippen LogP contribution in [0, 0.1) is 15.9 Å². The molecule has 1 fully saturated rings. The molecule has 0 bridgehead atoms. The molecule has 1 atom stereocenters. The van der Waals surface area contributed by atoms with Crippen LogP contribution in [0.15, 0.2) is 42.5 Å². The molecule has 0 spiro atoms. The number of nitro benzene ring substituents is 1. The summed E-state index contributed by atoms with van der Waals surface area (Å²) in [6.07, 6.45) is -0.290. The van der Waals surface area contributed by atoms with E-state index in [9.17, 15) is 14.5 Å². The van der Waals surface area contributed by atoms with E-state index in [1.54, 1.807) is 6.07 Å². The van der Waals surface area contributed by atoms with Gasteiger partial charge in [0.15, 0.2) is 0 Å². The number of morpholine rings is 1. The molecule has 0 aromatic heterocycles. The van der Waals surface area contributed by atoms with Crippen LogP contribution in [-0.4, -0.2) is 24.6 Å². The van der Waals surface area contributed by atoms with Gasteiger partial charge in [-0.15, -0.1) is 0 Å². The van der Waals surface area contributed by atoms with Crippen molar-refractivity contribution in [2.24, 2.45) is 0 Å². The fourth-order valence-electron chi connectivity index (χ4n) is 2.70. The largest absolute Gasteiger partial charge is 0.370 e. The molecule has 2 aromatic rings. The molecule has 1 saturated heterocycles. The average Bonchev–Trinajstić information content (AvgIpc) is 2.55. The summed E-state index contributed by atoms with van der Waals surface area (Å²) in [4.78, 5) is 12.4. The van der Waals surface area contributed by atoms with E-state index in [4.69, 9.17) is 16.3 Å². The summed E-state index contributed by atoms with van der Waals surface area (Å²) in [6, 6.07) is 10.9. The zero-order valence-electron chi connectivity index (χ0n) is 12.1. The number of ether oxygens (including phenoxy) is 1. The number of nitrogens with zero attached hydrogens (tertiary/aromatic N) is 2. The molecule has 3 rings (SSSR count). The molecule has 0 amide bonds. The molecule has 120 valence electrons. The van der Waals surface area contributed by atoms with Gasteiger partial charge in [0.1, 0.15) is 17.6 Å². The van der Waals surface area contributed by atoms with Crippen molar-refractivity contribution in [1.82, 2.24) is 0 Å². The summed E-state index contributed by atoms with van der Waals surface area (Å²) in [5.74, 6) is -0.628. The maximum Gasteiger partial charge on any atom is 0.295 e. The second-order valence-electron chi connectivity index (χ2n) is 5.22. The second kappa shape index (κ2) is 6.52. The lowest BCUT2D eigenvalue weighted by Gasteiger charge is -2.34. The SMILES string of the molecule is O=[N+]([O-])c1cc(F)ccc1N1CCOC(c2ccccc2Cl)C1. The Morgan fingerprint density at radius 3 is 2.83 bits per heavy atom. The fraction of sp³-hybridized carbons (Fsp3) is 0.250. The highest BCUT2D eigenvalue weighted by Gasteiger charge is 2.28. The van der Waals surface area contributed by atoms with Crippen LogP contribution in [0.2, 0.25) is 5.02 Å². The van der Waals surface area contributed by atoms with Crippen LogP contribution < -0.4 is 4.90 Å². The zero-order chi connectivity index (χ0) is 16.4. The number of hydrogen-bond acceptors (Lipinski definition) is 4. The highest BCUT2D eigenvalue weighted by molar-refractivity contribution is 6.31. The van der Waals surface area contributed by atoms with E-state index < -0.39 is 10.7 Å². The van der Waals surface area contributed by atoms with Crippen molar-refractivity contribution >= 4 is 23.0 Å². The van der Waals surface area contributed by atoms with E-state index in [1.165, 1.54) is 12.1 Å². The predicted octanol–water partition coefficient (Wildman–Crippen LogP) is 3.97. The third-order valence-electron chi connectivity index (χ3n) is 3.79. The van der Waals surface area contributed by atoms with E-state index in [1.807, 2.05) is 23.1 Å². The van der Waals surface area contributed by atoms with Crippen molar-refractivity contribution in [3.05, 3.63) is 69.0 Å². The van der Waals surface area contributed by atoms with Gasteiger partial charge in [-0.1, -0.05) is 29.8 Å². The minimum absolute atomic E-state index is 0.246. The topological polar surface area (TPSA) is 55.6 Å². The molecule has 1 heterocycles. The molecule has 0 saturated carbocycles. The van der Waals surface area contributed by atoms with E-state index >= 15 is 0 Å². The van der Waals surface area contributed by atoms with Crippen LogP contribution in [0.1, 0.15) is 11.7 Å². The second-order valence-corrected chi connectivity index (χ2v) is 5.62. The number of rotatable bonds is 3. The number of benzene rings is 2. The average molecular weight is 337 g/mol. The van der Waals surface area contributed by atoms with Gasteiger partial charge in [-0.3, -0.25) is 10.1 Å². The van der Waals surface area contributed by atoms with Crippen molar-refractivity contribution in [1.29, 1.82) is 0 Å². The van der Waals surface area contributed by atoms with Crippen molar-refractivity contribution in [2.45, 2.75) is 6.10 Å². The number of hydrogen-bond donors (Lipinski definition) is 0. The van der Waals surface area contributed by atoms with E-state index in [0.29, 0.717) is 30.4 Å². The number of halogens is 2. The van der Waals surface area contributed by atoms with Gasteiger partial charge in [-0.25, -0.2) is 4.39 Å². The summed E-state index contributed by atoms with van der Waals surface area (Å²) in [7, 11) is 0. The van der Waals surface area contributed by atoms with Gasteiger partial charge >= 0.3 is 0 Å². The Bertz CT molecular complexity index is 741. The Kier molecular flexibility index (Phi) is 4.45. The third kappa shape index (κ3) is 3.28. The number of nitro groups is 1. The molecule has 1 unspecified atom stereocenters. The highest BCUT2D eigenvalue weighted by Crippen LogP contribution is 2.34. The Hall–Kier alpha value is -2.18. The normalized spacial score (nSPS) is 18.0. The predicted molar refractivity (Wildman–Crippen MR) is 85.4 cm³/mol. The Morgan fingerprint density at radius 2 is 2.09 bits per heavy atom. The summed E-state index contributed by atoms with van der Waals surface area (Å²) >= 11 is 6.20. The van der Waals surface area contributed by atoms with E-state index in [2.05, 4.69) is 0 Å². The molecule has 23 heavy (non-hydrogen) atoms. The maximum atomic E-state index is 13.3. The molecule has 1 aliphatic rings. The van der Waals surface area contributed by atoms with Gasteiger partial charge in [-0.05, 0) is 18.2 Å². The first-order chi connectivity index (χ1) is 11.1. The van der Waals surface area contributed by atoms with Gasteiger partial charge < -0.3 is 9.64 Å². The molecule has 2 aromatic carbocycles. The number of anilines is 1. The summed E-state index contributed by atoms with van der Waals surface area (Å²) in [6.45, 7) is 1.31. The van der Waals surface area contributed by atoms with Crippen LogP contribution in [0.25, 0.3) is 0 Å². The molecule has 5 nitrogen and oxygen atoms in total. The third-order valence-corrected chi connectivity index (χ3v) is 4.14. The van der Waals surface area contributed by atoms with Gasteiger partial charge in [0.05, 0.1) is 17.6 Å². The standard InChI is InChI=1S/C16H14ClFN2O3/c17-13-4-2-1-3-12(13)16-10-19(7-8-23-16)14-6-5-11(18)9-15(14)20(21)22/h1-6,9,16H,7-8,10H2. The fourth-order valence-corrected chi connectivity index (χ4v) is 2.96. The van der Waals surface area contributed by atoms with Crippen LogP contribution in [0.3, 0.4) is 0 Å². The summed E-state index contributed by atoms with van der Waals surface area (Å²) in [5.41, 5.74) is 0.977. The van der Waals surface area contributed by atoms with E-state index in [0.717, 1.165) is 11.6 Å². The lowest BCUT2D eigenvalue weighted by Crippen LogP contribution is -2.38. The molecule has 0 aliphatic carbocycles. The quantitative estimate of drug-likeness (QED) is 0.628. The monoisotopic (exact) mass is 336 g/mol. The van der Waals surface area contributed by atoms with Crippen molar-refractivity contribution in [3.8, 4) is 0 Å².